The zero-order chi connectivity index (χ0) is 15.8. The number of nitrogens with one attached hydrogen (secondary N) is 1. The molecule has 0 fully saturated rings. The lowest BCUT2D eigenvalue weighted by Crippen LogP contribution is -2.30. The van der Waals surface area contributed by atoms with Crippen molar-refractivity contribution in [3.05, 3.63) is 35.4 Å². The molecule has 6 nitrogen and oxygen atoms in total. The third kappa shape index (κ3) is 5.37. The second-order valence-corrected chi connectivity index (χ2v) is 4.52. The lowest BCUT2D eigenvalue weighted by atomic mass is 10.1. The van der Waals surface area contributed by atoms with E-state index < -0.39 is 18.5 Å². The van der Waals surface area contributed by atoms with Crippen LogP contribution >= 0.6 is 0 Å². The van der Waals surface area contributed by atoms with Gasteiger partial charge in [-0.1, -0.05) is 18.2 Å². The lowest BCUT2D eigenvalue weighted by Gasteiger charge is -2.09. The van der Waals surface area contributed by atoms with Crippen molar-refractivity contribution in [1.82, 2.24) is 5.32 Å². The molecule has 1 aromatic rings. The molecular weight excluding hydrogens is 272 g/mol. The standard InChI is InChI=1S/C15H16N2O4/c1-10(2)17-15(20)12(8-16)7-11-5-3-4-6-13(11)21-9-14(18)19/h3-7,10H,9H2,1-2H3,(H,17,20)(H,18,19)/b12-7-. The minimum Gasteiger partial charge on any atom is -0.481 e. The van der Waals surface area contributed by atoms with Crippen LogP contribution in [0, 0.1) is 11.3 Å². The monoisotopic (exact) mass is 288 g/mol. The highest BCUT2D eigenvalue weighted by Gasteiger charge is 2.12. The van der Waals surface area contributed by atoms with Gasteiger partial charge in [0.25, 0.3) is 5.91 Å². The van der Waals surface area contributed by atoms with Crippen molar-refractivity contribution in [2.75, 3.05) is 6.61 Å². The summed E-state index contributed by atoms with van der Waals surface area (Å²) >= 11 is 0. The predicted molar refractivity (Wildman–Crippen MR) is 76.4 cm³/mol. The summed E-state index contributed by atoms with van der Waals surface area (Å²) in [6, 6.07) is 8.32. The Kier molecular flexibility index (Phi) is 5.96. The molecule has 0 spiro atoms. The van der Waals surface area contributed by atoms with Crippen molar-refractivity contribution in [3.8, 4) is 11.8 Å². The molecule has 0 saturated heterocycles. The number of nitrogens with zero attached hydrogens (tertiary/aromatic N) is 1. The molecule has 0 aliphatic heterocycles. The molecule has 2 N–H and O–H groups in total. The topological polar surface area (TPSA) is 99.4 Å². The minimum absolute atomic E-state index is 0.0740. The molecule has 0 saturated carbocycles. The lowest BCUT2D eigenvalue weighted by molar-refractivity contribution is -0.139. The van der Waals surface area contributed by atoms with Crippen LogP contribution in [0.4, 0.5) is 0 Å². The van der Waals surface area contributed by atoms with Gasteiger partial charge in [0, 0.05) is 11.6 Å². The van der Waals surface area contributed by atoms with Crippen molar-refractivity contribution in [3.63, 3.8) is 0 Å². The van der Waals surface area contributed by atoms with Crippen LogP contribution in [0.1, 0.15) is 19.4 Å². The fourth-order valence-corrected chi connectivity index (χ4v) is 1.51. The van der Waals surface area contributed by atoms with E-state index in [0.29, 0.717) is 11.3 Å². The number of carboxylic acids is 1. The SMILES string of the molecule is CC(C)NC(=O)/C(C#N)=C\c1ccccc1OCC(=O)O. The van der Waals surface area contributed by atoms with E-state index in [9.17, 15) is 9.59 Å². The summed E-state index contributed by atoms with van der Waals surface area (Å²) in [6.45, 7) is 3.08. The molecule has 110 valence electrons. The Labute approximate surface area is 122 Å². The fourth-order valence-electron chi connectivity index (χ4n) is 1.51. The van der Waals surface area contributed by atoms with Gasteiger partial charge >= 0.3 is 5.97 Å². The summed E-state index contributed by atoms with van der Waals surface area (Å²) in [6.07, 6.45) is 1.37. The maximum atomic E-state index is 11.8. The van der Waals surface area contributed by atoms with Gasteiger partial charge in [0.2, 0.25) is 0 Å². The van der Waals surface area contributed by atoms with Crippen LogP contribution in [-0.4, -0.2) is 29.6 Å². The number of nitriles is 1. The van der Waals surface area contributed by atoms with Crippen molar-refractivity contribution in [1.29, 1.82) is 5.26 Å². The highest BCUT2D eigenvalue weighted by molar-refractivity contribution is 6.02. The van der Waals surface area contributed by atoms with Gasteiger partial charge < -0.3 is 15.2 Å². The molecule has 21 heavy (non-hydrogen) atoms. The Balaban J connectivity index is 3.03. The molecule has 0 unspecified atom stereocenters. The quantitative estimate of drug-likeness (QED) is 0.611. The van der Waals surface area contributed by atoms with Gasteiger partial charge in [0.1, 0.15) is 17.4 Å². The zero-order valence-electron chi connectivity index (χ0n) is 11.8. The zero-order valence-corrected chi connectivity index (χ0v) is 11.8. The molecule has 0 atom stereocenters. The molecule has 1 amide bonds. The van der Waals surface area contributed by atoms with Gasteiger partial charge in [-0.3, -0.25) is 4.79 Å². The van der Waals surface area contributed by atoms with Gasteiger partial charge in [-0.05, 0) is 26.0 Å². The molecule has 0 bridgehead atoms. The van der Waals surface area contributed by atoms with Gasteiger partial charge in [0.15, 0.2) is 6.61 Å². The van der Waals surface area contributed by atoms with Crippen molar-refractivity contribution in [2.24, 2.45) is 0 Å². The maximum absolute atomic E-state index is 11.8. The maximum Gasteiger partial charge on any atom is 0.341 e. The fraction of sp³-hybridized carbons (Fsp3) is 0.267. The first-order valence-corrected chi connectivity index (χ1v) is 6.30. The molecule has 1 aromatic carbocycles. The van der Waals surface area contributed by atoms with Crippen LogP contribution in [0.5, 0.6) is 5.75 Å². The molecule has 1 rings (SSSR count). The Morgan fingerprint density at radius 1 is 1.43 bits per heavy atom. The predicted octanol–water partition coefficient (Wildman–Crippen LogP) is 1.58. The second kappa shape index (κ2) is 7.70. The highest BCUT2D eigenvalue weighted by atomic mass is 16.5. The Hall–Kier alpha value is -2.81. The molecular formula is C15H16N2O4. The number of amides is 1. The van der Waals surface area contributed by atoms with Crippen molar-refractivity contribution < 1.29 is 19.4 Å². The summed E-state index contributed by atoms with van der Waals surface area (Å²) in [4.78, 5) is 22.4. The van der Waals surface area contributed by atoms with E-state index in [0.717, 1.165) is 0 Å². The average molecular weight is 288 g/mol. The summed E-state index contributed by atoms with van der Waals surface area (Å²) in [5.74, 6) is -1.29. The number of ether oxygens (including phenoxy) is 1. The van der Waals surface area contributed by atoms with Crippen molar-refractivity contribution in [2.45, 2.75) is 19.9 Å². The van der Waals surface area contributed by atoms with Crippen LogP contribution in [0.2, 0.25) is 0 Å². The van der Waals surface area contributed by atoms with E-state index in [2.05, 4.69) is 5.32 Å². The van der Waals surface area contributed by atoms with Gasteiger partial charge in [0.05, 0.1) is 0 Å². The Morgan fingerprint density at radius 2 is 2.10 bits per heavy atom. The molecule has 6 heteroatoms. The normalized spacial score (nSPS) is 10.9. The second-order valence-electron chi connectivity index (χ2n) is 4.52. The number of rotatable bonds is 6. The number of aliphatic carboxylic acids is 1. The van der Waals surface area contributed by atoms with Crippen LogP contribution in [-0.2, 0) is 9.59 Å². The Morgan fingerprint density at radius 3 is 2.67 bits per heavy atom. The molecule has 0 radical (unpaired) electrons. The van der Waals surface area contributed by atoms with E-state index in [-0.39, 0.29) is 11.6 Å². The van der Waals surface area contributed by atoms with Crippen molar-refractivity contribution >= 4 is 18.0 Å². The van der Waals surface area contributed by atoms with Crippen LogP contribution in [0.3, 0.4) is 0 Å². The van der Waals surface area contributed by atoms with Gasteiger partial charge in [-0.25, -0.2) is 4.79 Å². The number of para-hydroxylation sites is 1. The number of hydrogen-bond donors (Lipinski definition) is 2. The van der Waals surface area contributed by atoms with E-state index in [4.69, 9.17) is 15.1 Å². The van der Waals surface area contributed by atoms with E-state index in [1.165, 1.54) is 6.08 Å². The summed E-state index contributed by atoms with van der Waals surface area (Å²) in [7, 11) is 0. The highest BCUT2D eigenvalue weighted by Crippen LogP contribution is 2.21. The average Bonchev–Trinajstić information content (AvgIpc) is 2.42. The largest absolute Gasteiger partial charge is 0.481 e. The number of carbonyl (C=O) groups excluding carboxylic acids is 1. The number of carboxylic acid groups (broad SMARTS) is 1. The summed E-state index contributed by atoms with van der Waals surface area (Å²) in [5.41, 5.74) is 0.393. The summed E-state index contributed by atoms with van der Waals surface area (Å²) < 4.78 is 5.12. The molecule has 0 aliphatic rings. The van der Waals surface area contributed by atoms with E-state index in [1.54, 1.807) is 38.1 Å². The van der Waals surface area contributed by atoms with E-state index >= 15 is 0 Å². The third-order valence-electron chi connectivity index (χ3n) is 2.35. The Bertz CT molecular complexity index is 600. The third-order valence-corrected chi connectivity index (χ3v) is 2.35. The first-order chi connectivity index (χ1) is 9.93. The minimum atomic E-state index is -1.10. The molecule has 0 aliphatic carbocycles. The van der Waals surface area contributed by atoms with E-state index in [1.807, 2.05) is 6.07 Å². The van der Waals surface area contributed by atoms with Gasteiger partial charge in [-0.2, -0.15) is 5.26 Å². The molecule has 0 aromatic heterocycles. The first kappa shape index (κ1) is 16.2. The first-order valence-electron chi connectivity index (χ1n) is 6.30. The van der Waals surface area contributed by atoms with Crippen LogP contribution in [0.15, 0.2) is 29.8 Å². The number of benzene rings is 1. The van der Waals surface area contributed by atoms with Crippen LogP contribution in [0.25, 0.3) is 6.08 Å². The number of hydrogen-bond acceptors (Lipinski definition) is 4. The molecule has 0 heterocycles. The number of carbonyl (C=O) groups is 2. The van der Waals surface area contributed by atoms with Gasteiger partial charge in [-0.15, -0.1) is 0 Å². The summed E-state index contributed by atoms with van der Waals surface area (Å²) in [5, 5.41) is 20.3. The smallest absolute Gasteiger partial charge is 0.341 e. The van der Waals surface area contributed by atoms with Crippen LogP contribution < -0.4 is 10.1 Å².